The lowest BCUT2D eigenvalue weighted by Crippen LogP contribution is -2.02. The Balaban J connectivity index is 2.03. The van der Waals surface area contributed by atoms with Crippen molar-refractivity contribution in [3.8, 4) is 0 Å². The SMILES string of the molecule is CCCCCCCCCCNc1cc(Cl)ccc1C. The van der Waals surface area contributed by atoms with E-state index in [0.717, 1.165) is 11.6 Å². The van der Waals surface area contributed by atoms with E-state index in [-0.39, 0.29) is 0 Å². The number of hydrogen-bond acceptors (Lipinski definition) is 1. The van der Waals surface area contributed by atoms with Gasteiger partial charge in [-0.3, -0.25) is 0 Å². The highest BCUT2D eigenvalue weighted by Crippen LogP contribution is 2.20. The monoisotopic (exact) mass is 281 g/mol. The summed E-state index contributed by atoms with van der Waals surface area (Å²) < 4.78 is 0. The smallest absolute Gasteiger partial charge is 0.0426 e. The van der Waals surface area contributed by atoms with Gasteiger partial charge in [-0.15, -0.1) is 0 Å². The average Bonchev–Trinajstić information content (AvgIpc) is 2.40. The first kappa shape index (κ1) is 16.4. The van der Waals surface area contributed by atoms with Crippen LogP contribution in [0.4, 0.5) is 5.69 Å². The van der Waals surface area contributed by atoms with Crippen LogP contribution in [-0.4, -0.2) is 6.54 Å². The number of anilines is 1. The number of rotatable bonds is 10. The summed E-state index contributed by atoms with van der Waals surface area (Å²) in [6.45, 7) is 5.44. The number of halogens is 1. The Morgan fingerprint density at radius 1 is 0.947 bits per heavy atom. The van der Waals surface area contributed by atoms with E-state index in [1.54, 1.807) is 0 Å². The molecule has 0 saturated carbocycles. The number of benzene rings is 1. The molecular weight excluding hydrogens is 254 g/mol. The molecule has 0 bridgehead atoms. The van der Waals surface area contributed by atoms with E-state index in [1.165, 1.54) is 62.6 Å². The summed E-state index contributed by atoms with van der Waals surface area (Å²) in [5.41, 5.74) is 2.44. The van der Waals surface area contributed by atoms with E-state index in [0.29, 0.717) is 0 Å². The third-order valence-electron chi connectivity index (χ3n) is 3.55. The quantitative estimate of drug-likeness (QED) is 0.503. The molecule has 0 aromatic heterocycles. The molecule has 1 nitrogen and oxygen atoms in total. The largest absolute Gasteiger partial charge is 0.385 e. The zero-order valence-corrected chi connectivity index (χ0v) is 13.2. The molecule has 0 atom stereocenters. The van der Waals surface area contributed by atoms with E-state index in [2.05, 4.69) is 25.2 Å². The summed E-state index contributed by atoms with van der Waals surface area (Å²) in [5, 5.41) is 4.29. The van der Waals surface area contributed by atoms with Crippen LogP contribution in [0.1, 0.15) is 63.9 Å². The van der Waals surface area contributed by atoms with E-state index in [1.807, 2.05) is 12.1 Å². The van der Waals surface area contributed by atoms with Gasteiger partial charge in [-0.25, -0.2) is 0 Å². The first-order valence-corrected chi connectivity index (χ1v) is 8.12. The van der Waals surface area contributed by atoms with Crippen LogP contribution in [0.3, 0.4) is 0 Å². The number of unbranched alkanes of at least 4 members (excludes halogenated alkanes) is 7. The van der Waals surface area contributed by atoms with Gasteiger partial charge in [0.2, 0.25) is 0 Å². The highest BCUT2D eigenvalue weighted by atomic mass is 35.5. The fraction of sp³-hybridized carbons (Fsp3) is 0.647. The van der Waals surface area contributed by atoms with Gasteiger partial charge in [0.15, 0.2) is 0 Å². The first-order chi connectivity index (χ1) is 9.24. The first-order valence-electron chi connectivity index (χ1n) is 7.74. The average molecular weight is 282 g/mol. The van der Waals surface area contributed by atoms with Crippen molar-refractivity contribution in [2.75, 3.05) is 11.9 Å². The van der Waals surface area contributed by atoms with Crippen molar-refractivity contribution >= 4 is 17.3 Å². The molecule has 1 rings (SSSR count). The van der Waals surface area contributed by atoms with Gasteiger partial charge in [0.1, 0.15) is 0 Å². The second-order valence-corrected chi connectivity index (χ2v) is 5.80. The normalized spacial score (nSPS) is 10.7. The molecule has 1 aromatic carbocycles. The van der Waals surface area contributed by atoms with Gasteiger partial charge in [-0.05, 0) is 31.0 Å². The molecule has 108 valence electrons. The molecule has 2 heteroatoms. The zero-order chi connectivity index (χ0) is 13.9. The van der Waals surface area contributed by atoms with Crippen molar-refractivity contribution in [2.45, 2.75) is 65.2 Å². The van der Waals surface area contributed by atoms with Gasteiger partial charge in [0.25, 0.3) is 0 Å². The summed E-state index contributed by atoms with van der Waals surface area (Å²) in [6, 6.07) is 6.03. The van der Waals surface area contributed by atoms with Crippen molar-refractivity contribution in [2.24, 2.45) is 0 Å². The van der Waals surface area contributed by atoms with Crippen LogP contribution >= 0.6 is 11.6 Å². The predicted molar refractivity (Wildman–Crippen MR) is 87.3 cm³/mol. The zero-order valence-electron chi connectivity index (χ0n) is 12.5. The summed E-state index contributed by atoms with van der Waals surface area (Å²) in [5.74, 6) is 0. The lowest BCUT2D eigenvalue weighted by atomic mass is 10.1. The van der Waals surface area contributed by atoms with Crippen molar-refractivity contribution in [3.05, 3.63) is 28.8 Å². The highest BCUT2D eigenvalue weighted by Gasteiger charge is 1.98. The maximum absolute atomic E-state index is 6.00. The van der Waals surface area contributed by atoms with Gasteiger partial charge in [-0.1, -0.05) is 69.5 Å². The maximum atomic E-state index is 6.00. The molecule has 0 spiro atoms. The molecule has 1 N–H and O–H groups in total. The molecule has 0 saturated heterocycles. The van der Waals surface area contributed by atoms with Gasteiger partial charge in [0.05, 0.1) is 0 Å². The minimum Gasteiger partial charge on any atom is -0.385 e. The van der Waals surface area contributed by atoms with E-state index >= 15 is 0 Å². The third kappa shape index (κ3) is 7.47. The Morgan fingerprint density at radius 2 is 1.58 bits per heavy atom. The summed E-state index contributed by atoms with van der Waals surface area (Å²) in [7, 11) is 0. The van der Waals surface area contributed by atoms with Crippen molar-refractivity contribution in [1.29, 1.82) is 0 Å². The van der Waals surface area contributed by atoms with Crippen LogP contribution in [0.25, 0.3) is 0 Å². The fourth-order valence-electron chi connectivity index (χ4n) is 2.27. The van der Waals surface area contributed by atoms with Crippen molar-refractivity contribution in [1.82, 2.24) is 0 Å². The summed E-state index contributed by atoms with van der Waals surface area (Å²) in [4.78, 5) is 0. The van der Waals surface area contributed by atoms with Crippen LogP contribution < -0.4 is 5.32 Å². The summed E-state index contributed by atoms with van der Waals surface area (Å²) >= 11 is 6.00. The molecular formula is C17H28ClN. The Kier molecular flexibility index (Phi) is 8.73. The van der Waals surface area contributed by atoms with E-state index in [4.69, 9.17) is 11.6 Å². The van der Waals surface area contributed by atoms with Gasteiger partial charge in [0, 0.05) is 17.3 Å². The minimum atomic E-state index is 0.809. The van der Waals surface area contributed by atoms with Crippen LogP contribution in [0.2, 0.25) is 5.02 Å². The molecule has 0 aliphatic rings. The topological polar surface area (TPSA) is 12.0 Å². The van der Waals surface area contributed by atoms with Crippen LogP contribution in [0.5, 0.6) is 0 Å². The molecule has 0 aliphatic heterocycles. The van der Waals surface area contributed by atoms with E-state index in [9.17, 15) is 0 Å². The molecule has 0 fully saturated rings. The van der Waals surface area contributed by atoms with Gasteiger partial charge >= 0.3 is 0 Å². The van der Waals surface area contributed by atoms with Crippen molar-refractivity contribution in [3.63, 3.8) is 0 Å². The molecule has 0 radical (unpaired) electrons. The Hall–Kier alpha value is -0.690. The van der Waals surface area contributed by atoms with Crippen LogP contribution in [-0.2, 0) is 0 Å². The molecule has 0 aliphatic carbocycles. The van der Waals surface area contributed by atoms with Gasteiger partial charge in [-0.2, -0.15) is 0 Å². The number of hydrogen-bond donors (Lipinski definition) is 1. The molecule has 0 unspecified atom stereocenters. The number of nitrogens with one attached hydrogen (secondary N) is 1. The maximum Gasteiger partial charge on any atom is 0.0426 e. The van der Waals surface area contributed by atoms with E-state index < -0.39 is 0 Å². The lowest BCUT2D eigenvalue weighted by Gasteiger charge is -2.09. The van der Waals surface area contributed by atoms with Crippen LogP contribution in [0.15, 0.2) is 18.2 Å². The third-order valence-corrected chi connectivity index (χ3v) is 3.78. The highest BCUT2D eigenvalue weighted by molar-refractivity contribution is 6.30. The predicted octanol–water partition coefficient (Wildman–Crippen LogP) is 6.20. The Labute approximate surface area is 123 Å². The molecule has 0 heterocycles. The molecule has 19 heavy (non-hydrogen) atoms. The Bertz CT molecular complexity index is 349. The van der Waals surface area contributed by atoms with Crippen molar-refractivity contribution < 1.29 is 0 Å². The fourth-order valence-corrected chi connectivity index (χ4v) is 2.44. The minimum absolute atomic E-state index is 0.809. The molecule has 1 aromatic rings. The standard InChI is InChI=1S/C17H28ClN/c1-3-4-5-6-7-8-9-10-13-19-17-14-16(18)12-11-15(17)2/h11-12,14,19H,3-10,13H2,1-2H3. The summed E-state index contributed by atoms with van der Waals surface area (Å²) in [6.07, 6.45) is 10.9. The Morgan fingerprint density at radius 3 is 2.26 bits per heavy atom. The number of aryl methyl sites for hydroxylation is 1. The van der Waals surface area contributed by atoms with Crippen LogP contribution in [0, 0.1) is 6.92 Å². The molecule has 0 amide bonds. The second-order valence-electron chi connectivity index (χ2n) is 5.36. The second kappa shape index (κ2) is 10.1. The van der Waals surface area contributed by atoms with Gasteiger partial charge < -0.3 is 5.32 Å². The lowest BCUT2D eigenvalue weighted by molar-refractivity contribution is 0.581.